The molecule has 0 aliphatic carbocycles. The van der Waals surface area contributed by atoms with Crippen LogP contribution >= 0.6 is 0 Å². The highest BCUT2D eigenvalue weighted by atomic mass is 32.2. The smallest absolute Gasteiger partial charge is 0.339 e. The lowest BCUT2D eigenvalue weighted by molar-refractivity contribution is -0.126. The van der Waals surface area contributed by atoms with E-state index in [4.69, 9.17) is 4.74 Å². The third-order valence-electron chi connectivity index (χ3n) is 5.66. The monoisotopic (exact) mass is 458 g/mol. The van der Waals surface area contributed by atoms with Crippen LogP contribution in [0, 0.1) is 6.92 Å². The van der Waals surface area contributed by atoms with Gasteiger partial charge in [-0.15, -0.1) is 0 Å². The van der Waals surface area contributed by atoms with Gasteiger partial charge in [0, 0.05) is 25.3 Å². The Hall–Kier alpha value is -2.71. The average Bonchev–Trinajstić information content (AvgIpc) is 2.80. The lowest BCUT2D eigenvalue weighted by Crippen LogP contribution is -2.40. The normalized spacial score (nSPS) is 15.7. The summed E-state index contributed by atoms with van der Waals surface area (Å²) >= 11 is 0. The van der Waals surface area contributed by atoms with E-state index in [1.807, 2.05) is 37.3 Å². The third kappa shape index (κ3) is 5.19. The largest absolute Gasteiger partial charge is 0.449 e. The number of hydrogen-bond acceptors (Lipinski definition) is 5. The first-order valence-electron chi connectivity index (χ1n) is 10.9. The van der Waals surface area contributed by atoms with Crippen LogP contribution < -0.4 is 4.90 Å². The lowest BCUT2D eigenvalue weighted by Gasteiger charge is -2.26. The van der Waals surface area contributed by atoms with Gasteiger partial charge in [-0.3, -0.25) is 4.79 Å². The fourth-order valence-corrected chi connectivity index (χ4v) is 5.35. The van der Waals surface area contributed by atoms with Crippen LogP contribution in [0.5, 0.6) is 0 Å². The van der Waals surface area contributed by atoms with Crippen molar-refractivity contribution >= 4 is 27.6 Å². The Bertz CT molecular complexity index is 1060. The first kappa shape index (κ1) is 23.9. The van der Waals surface area contributed by atoms with Crippen molar-refractivity contribution in [1.82, 2.24) is 4.31 Å². The molecule has 7 nitrogen and oxygen atoms in total. The maximum atomic E-state index is 13.0. The minimum atomic E-state index is -3.68. The number of amides is 1. The van der Waals surface area contributed by atoms with Crippen LogP contribution in [-0.4, -0.2) is 50.3 Å². The molecule has 32 heavy (non-hydrogen) atoms. The van der Waals surface area contributed by atoms with E-state index in [-0.39, 0.29) is 16.4 Å². The topological polar surface area (TPSA) is 84.0 Å². The van der Waals surface area contributed by atoms with Gasteiger partial charge in [-0.25, -0.2) is 13.2 Å². The van der Waals surface area contributed by atoms with Crippen molar-refractivity contribution in [3.8, 4) is 0 Å². The molecule has 3 rings (SSSR count). The maximum absolute atomic E-state index is 13.0. The van der Waals surface area contributed by atoms with Gasteiger partial charge in [0.15, 0.2) is 6.10 Å². The first-order valence-corrected chi connectivity index (χ1v) is 12.4. The van der Waals surface area contributed by atoms with E-state index >= 15 is 0 Å². The quantitative estimate of drug-likeness (QED) is 0.590. The lowest BCUT2D eigenvalue weighted by atomic mass is 10.1. The molecular weight excluding hydrogens is 428 g/mol. The number of carbonyl (C=O) groups excluding carboxylic acids is 2. The van der Waals surface area contributed by atoms with Crippen molar-refractivity contribution in [2.45, 2.75) is 51.0 Å². The highest BCUT2D eigenvalue weighted by Gasteiger charge is 2.29. The van der Waals surface area contributed by atoms with Gasteiger partial charge in [-0.05, 0) is 63.4 Å². The van der Waals surface area contributed by atoms with E-state index in [1.165, 1.54) is 23.4 Å². The van der Waals surface area contributed by atoms with Gasteiger partial charge in [0.05, 0.1) is 10.5 Å². The van der Waals surface area contributed by atoms with Crippen LogP contribution in [0.25, 0.3) is 0 Å². The van der Waals surface area contributed by atoms with Gasteiger partial charge in [0.1, 0.15) is 0 Å². The van der Waals surface area contributed by atoms with Gasteiger partial charge in [0.2, 0.25) is 10.0 Å². The molecule has 0 N–H and O–H groups in total. The summed E-state index contributed by atoms with van der Waals surface area (Å²) in [6.45, 7) is 6.46. The number of carbonyl (C=O) groups is 2. The molecule has 172 valence electrons. The first-order chi connectivity index (χ1) is 15.3. The van der Waals surface area contributed by atoms with Crippen LogP contribution in [0.4, 0.5) is 5.69 Å². The van der Waals surface area contributed by atoms with E-state index in [1.54, 1.807) is 17.9 Å². The summed E-state index contributed by atoms with van der Waals surface area (Å²) < 4.78 is 32.9. The molecule has 8 heteroatoms. The molecule has 2 aromatic rings. The number of ether oxygens (including phenoxy) is 1. The van der Waals surface area contributed by atoms with Gasteiger partial charge >= 0.3 is 5.97 Å². The molecule has 0 aromatic heterocycles. The molecule has 1 saturated heterocycles. The van der Waals surface area contributed by atoms with Crippen LogP contribution in [-0.2, 0) is 19.6 Å². The average molecular weight is 459 g/mol. The molecule has 0 saturated carbocycles. The number of likely N-dealkylation sites (N-methyl/N-ethyl adjacent to an activating group) is 1. The zero-order valence-corrected chi connectivity index (χ0v) is 19.6. The molecular formula is C24H30N2O5S. The number of nitrogens with zero attached hydrogens (tertiary/aromatic N) is 2. The molecule has 1 aliphatic heterocycles. The van der Waals surface area contributed by atoms with Crippen molar-refractivity contribution < 1.29 is 22.7 Å². The minimum absolute atomic E-state index is 0.0652. The number of benzene rings is 2. The summed E-state index contributed by atoms with van der Waals surface area (Å²) in [6.07, 6.45) is 1.65. The summed E-state index contributed by atoms with van der Waals surface area (Å²) in [5.41, 5.74) is 1.45. The second-order valence-corrected chi connectivity index (χ2v) is 9.84. The van der Waals surface area contributed by atoms with Gasteiger partial charge in [0.25, 0.3) is 5.91 Å². The Balaban J connectivity index is 1.78. The number of sulfonamides is 1. The summed E-state index contributed by atoms with van der Waals surface area (Å²) in [4.78, 5) is 27.4. The Kier molecular flexibility index (Phi) is 7.69. The highest BCUT2D eigenvalue weighted by Crippen LogP contribution is 2.24. The van der Waals surface area contributed by atoms with Crippen LogP contribution in [0.3, 0.4) is 0 Å². The zero-order valence-electron chi connectivity index (χ0n) is 18.8. The Labute approximate surface area is 190 Å². The van der Waals surface area contributed by atoms with Crippen molar-refractivity contribution in [2.24, 2.45) is 0 Å². The van der Waals surface area contributed by atoms with Gasteiger partial charge < -0.3 is 9.64 Å². The van der Waals surface area contributed by atoms with Crippen molar-refractivity contribution in [2.75, 3.05) is 24.5 Å². The number of hydrogen-bond donors (Lipinski definition) is 0. The highest BCUT2D eigenvalue weighted by molar-refractivity contribution is 7.89. The van der Waals surface area contributed by atoms with E-state index in [0.29, 0.717) is 30.9 Å². The van der Waals surface area contributed by atoms with Crippen LogP contribution in [0.2, 0.25) is 0 Å². The predicted molar refractivity (Wildman–Crippen MR) is 123 cm³/mol. The van der Waals surface area contributed by atoms with Crippen LogP contribution in [0.1, 0.15) is 49.0 Å². The van der Waals surface area contributed by atoms with Gasteiger partial charge in [-0.1, -0.05) is 30.7 Å². The van der Waals surface area contributed by atoms with E-state index in [2.05, 4.69) is 0 Å². The molecule has 2 aromatic carbocycles. The number of esters is 1. The second kappa shape index (κ2) is 10.3. The summed E-state index contributed by atoms with van der Waals surface area (Å²) in [5, 5.41) is 0. The Morgan fingerprint density at radius 3 is 2.34 bits per heavy atom. The molecule has 0 spiro atoms. The fourth-order valence-electron chi connectivity index (χ4n) is 3.80. The van der Waals surface area contributed by atoms with E-state index < -0.39 is 22.1 Å². The van der Waals surface area contributed by atoms with E-state index in [0.717, 1.165) is 19.3 Å². The number of rotatable bonds is 7. The molecule has 1 heterocycles. The molecule has 1 aliphatic rings. The summed E-state index contributed by atoms with van der Waals surface area (Å²) in [7, 11) is -3.68. The molecule has 0 bridgehead atoms. The Morgan fingerprint density at radius 1 is 1.06 bits per heavy atom. The SMILES string of the molecule is CCN(C(=O)[C@@H](C)OC(=O)c1cc(S(=O)(=O)N2CCCCC2)ccc1C)c1ccccc1. The zero-order chi connectivity index (χ0) is 23.3. The van der Waals surface area contributed by atoms with E-state index in [9.17, 15) is 18.0 Å². The summed E-state index contributed by atoms with van der Waals surface area (Å²) in [5.74, 6) is -1.06. The maximum Gasteiger partial charge on any atom is 0.339 e. The van der Waals surface area contributed by atoms with Crippen molar-refractivity contribution in [3.05, 3.63) is 59.7 Å². The molecule has 0 unspecified atom stereocenters. The molecule has 1 atom stereocenters. The van der Waals surface area contributed by atoms with Crippen LogP contribution in [0.15, 0.2) is 53.4 Å². The van der Waals surface area contributed by atoms with Crippen molar-refractivity contribution in [3.63, 3.8) is 0 Å². The molecule has 0 radical (unpaired) electrons. The fraction of sp³-hybridized carbons (Fsp3) is 0.417. The standard InChI is InChI=1S/C24H30N2O5S/c1-4-26(20-11-7-5-8-12-20)23(27)19(3)31-24(28)22-17-21(14-13-18(22)2)32(29,30)25-15-9-6-10-16-25/h5,7-8,11-14,17,19H,4,6,9-10,15-16H2,1-3H3/t19-/m1/s1. The number of aryl methyl sites for hydroxylation is 1. The van der Waals surface area contributed by atoms with Crippen molar-refractivity contribution in [1.29, 1.82) is 0 Å². The summed E-state index contributed by atoms with van der Waals surface area (Å²) in [6, 6.07) is 13.6. The molecule has 1 amide bonds. The third-order valence-corrected chi connectivity index (χ3v) is 7.56. The number of para-hydroxylation sites is 1. The predicted octanol–water partition coefficient (Wildman–Crippen LogP) is 3.77. The molecule has 1 fully saturated rings. The van der Waals surface area contributed by atoms with Gasteiger partial charge in [-0.2, -0.15) is 4.31 Å². The number of anilines is 1. The second-order valence-electron chi connectivity index (χ2n) is 7.91. The minimum Gasteiger partial charge on any atom is -0.449 e. The number of piperidine rings is 1. The Morgan fingerprint density at radius 2 is 1.72 bits per heavy atom.